The van der Waals surface area contributed by atoms with Crippen LogP contribution in [0.4, 0.5) is 5.69 Å². The lowest BCUT2D eigenvalue weighted by molar-refractivity contribution is -0.119. The number of sulfonamides is 1. The van der Waals surface area contributed by atoms with E-state index in [0.29, 0.717) is 35.1 Å². The summed E-state index contributed by atoms with van der Waals surface area (Å²) in [6, 6.07) is 11.5. The molecule has 0 aliphatic rings. The van der Waals surface area contributed by atoms with Gasteiger partial charge in [-0.3, -0.25) is 9.10 Å². The van der Waals surface area contributed by atoms with E-state index in [1.807, 2.05) is 0 Å². The van der Waals surface area contributed by atoms with Gasteiger partial charge in [0.15, 0.2) is 11.5 Å². The van der Waals surface area contributed by atoms with E-state index in [1.165, 1.54) is 26.5 Å². The lowest BCUT2D eigenvalue weighted by Crippen LogP contribution is -2.39. The van der Waals surface area contributed by atoms with Crippen LogP contribution in [0.3, 0.4) is 0 Å². The number of nitrogens with zero attached hydrogens (tertiary/aromatic N) is 2. The maximum absolute atomic E-state index is 12.3. The summed E-state index contributed by atoms with van der Waals surface area (Å²) >= 11 is 0. The second-order valence-corrected chi connectivity index (χ2v) is 8.18. The first-order valence-corrected chi connectivity index (χ1v) is 11.0. The maximum atomic E-state index is 12.3. The Hall–Kier alpha value is -3.53. The Morgan fingerprint density at radius 1 is 1.16 bits per heavy atom. The number of rotatable bonds is 11. The molecule has 0 aliphatic carbocycles. The van der Waals surface area contributed by atoms with Gasteiger partial charge in [0.1, 0.15) is 18.9 Å². The molecule has 2 rings (SSSR count). The summed E-state index contributed by atoms with van der Waals surface area (Å²) in [5.41, 5.74) is 3.28. The van der Waals surface area contributed by atoms with Crippen LogP contribution in [0.15, 0.2) is 60.2 Å². The smallest absolute Gasteiger partial charge is 0.260 e. The van der Waals surface area contributed by atoms with Crippen LogP contribution in [0.25, 0.3) is 0 Å². The summed E-state index contributed by atoms with van der Waals surface area (Å²) in [4.78, 5) is 12.3. The van der Waals surface area contributed by atoms with Gasteiger partial charge in [-0.05, 0) is 35.9 Å². The van der Waals surface area contributed by atoms with E-state index in [-0.39, 0.29) is 0 Å². The van der Waals surface area contributed by atoms with Crippen molar-refractivity contribution in [1.82, 2.24) is 5.43 Å². The number of anilines is 1. The zero-order valence-electron chi connectivity index (χ0n) is 17.6. The van der Waals surface area contributed by atoms with E-state index in [2.05, 4.69) is 17.1 Å². The molecule has 2 aromatic rings. The van der Waals surface area contributed by atoms with Crippen molar-refractivity contribution >= 4 is 27.8 Å². The highest BCUT2D eigenvalue weighted by Crippen LogP contribution is 2.27. The first-order chi connectivity index (χ1) is 14.8. The maximum Gasteiger partial charge on any atom is 0.260 e. The predicted molar refractivity (Wildman–Crippen MR) is 120 cm³/mol. The number of benzene rings is 2. The highest BCUT2D eigenvalue weighted by atomic mass is 32.2. The number of carbonyl (C=O) groups is 1. The molecule has 0 atom stereocenters. The molecule has 0 fully saturated rings. The molecule has 0 heterocycles. The van der Waals surface area contributed by atoms with Crippen molar-refractivity contribution in [2.75, 3.05) is 37.9 Å². The number of ether oxygens (including phenoxy) is 3. The standard InChI is InChI=1S/C21H25N3O6S/c1-5-11-30-19-10-9-16(12-20(19)29-3)14-22-23-21(25)15-24(31(4,26)27)17-7-6-8-18(13-17)28-2/h5-10,12-14H,1,11,15H2,2-4H3,(H,23,25)/b22-14-. The Balaban J connectivity index is 2.08. The Bertz CT molecular complexity index is 1050. The third-order valence-electron chi connectivity index (χ3n) is 3.98. The van der Waals surface area contributed by atoms with Crippen molar-refractivity contribution in [2.24, 2.45) is 5.10 Å². The second kappa shape index (κ2) is 11.0. The topological polar surface area (TPSA) is 107 Å². The summed E-state index contributed by atoms with van der Waals surface area (Å²) in [6.45, 7) is 3.49. The molecule has 0 aliphatic heterocycles. The van der Waals surface area contributed by atoms with Crippen molar-refractivity contribution in [3.63, 3.8) is 0 Å². The Labute approximate surface area is 182 Å². The summed E-state index contributed by atoms with van der Waals surface area (Å²) in [7, 11) is -0.727. The van der Waals surface area contributed by atoms with Gasteiger partial charge in [0.05, 0.1) is 32.4 Å². The third kappa shape index (κ3) is 7.03. The number of hydrogen-bond donors (Lipinski definition) is 1. The van der Waals surface area contributed by atoms with E-state index in [9.17, 15) is 13.2 Å². The molecule has 0 radical (unpaired) electrons. The minimum absolute atomic E-state index is 0.306. The van der Waals surface area contributed by atoms with Crippen LogP contribution in [-0.4, -0.2) is 54.2 Å². The summed E-state index contributed by atoms with van der Waals surface area (Å²) in [5, 5.41) is 3.89. The number of hydrogen-bond acceptors (Lipinski definition) is 7. The molecular weight excluding hydrogens is 422 g/mol. The molecule has 1 N–H and O–H groups in total. The fourth-order valence-corrected chi connectivity index (χ4v) is 3.39. The molecule has 0 unspecified atom stereocenters. The van der Waals surface area contributed by atoms with Gasteiger partial charge in [-0.1, -0.05) is 18.7 Å². The highest BCUT2D eigenvalue weighted by Gasteiger charge is 2.21. The van der Waals surface area contributed by atoms with Crippen LogP contribution in [0.2, 0.25) is 0 Å². The van der Waals surface area contributed by atoms with Crippen molar-refractivity contribution < 1.29 is 27.4 Å². The van der Waals surface area contributed by atoms with Crippen molar-refractivity contribution in [3.05, 3.63) is 60.7 Å². The van der Waals surface area contributed by atoms with E-state index in [4.69, 9.17) is 14.2 Å². The summed E-state index contributed by atoms with van der Waals surface area (Å²) < 4.78 is 41.2. The minimum Gasteiger partial charge on any atom is -0.497 e. The molecule has 2 aromatic carbocycles. The molecule has 0 bridgehead atoms. The van der Waals surface area contributed by atoms with Gasteiger partial charge in [-0.15, -0.1) is 0 Å². The van der Waals surface area contributed by atoms with E-state index < -0.39 is 22.5 Å². The van der Waals surface area contributed by atoms with Gasteiger partial charge < -0.3 is 14.2 Å². The number of carbonyl (C=O) groups excluding carboxylic acids is 1. The van der Waals surface area contributed by atoms with Crippen LogP contribution in [-0.2, 0) is 14.8 Å². The molecule has 0 aromatic heterocycles. The monoisotopic (exact) mass is 447 g/mol. The van der Waals surface area contributed by atoms with Gasteiger partial charge in [-0.2, -0.15) is 5.10 Å². The first kappa shape index (κ1) is 23.7. The van der Waals surface area contributed by atoms with Gasteiger partial charge in [0.25, 0.3) is 5.91 Å². The lowest BCUT2D eigenvalue weighted by Gasteiger charge is -2.21. The third-order valence-corrected chi connectivity index (χ3v) is 5.12. The summed E-state index contributed by atoms with van der Waals surface area (Å²) in [6.07, 6.45) is 4.05. The second-order valence-electron chi connectivity index (χ2n) is 6.27. The molecule has 0 saturated heterocycles. The van der Waals surface area contributed by atoms with E-state index in [1.54, 1.807) is 42.5 Å². The molecule has 10 heteroatoms. The van der Waals surface area contributed by atoms with Gasteiger partial charge >= 0.3 is 0 Å². The molecule has 0 spiro atoms. The molecule has 166 valence electrons. The Morgan fingerprint density at radius 3 is 2.58 bits per heavy atom. The first-order valence-electron chi connectivity index (χ1n) is 9.14. The molecular formula is C21H25N3O6S. The highest BCUT2D eigenvalue weighted by molar-refractivity contribution is 7.92. The molecule has 9 nitrogen and oxygen atoms in total. The Kier molecular flexibility index (Phi) is 8.44. The number of methoxy groups -OCH3 is 2. The normalized spacial score (nSPS) is 11.1. The van der Waals surface area contributed by atoms with Crippen molar-refractivity contribution in [2.45, 2.75) is 0 Å². The average molecular weight is 448 g/mol. The Morgan fingerprint density at radius 2 is 1.94 bits per heavy atom. The van der Waals surface area contributed by atoms with Crippen LogP contribution >= 0.6 is 0 Å². The lowest BCUT2D eigenvalue weighted by atomic mass is 10.2. The SMILES string of the molecule is C=CCOc1ccc(/C=N\NC(=O)CN(c2cccc(OC)c2)S(C)(=O)=O)cc1OC. The molecule has 31 heavy (non-hydrogen) atoms. The van der Waals surface area contributed by atoms with Crippen LogP contribution in [0.5, 0.6) is 17.2 Å². The van der Waals surface area contributed by atoms with Crippen LogP contribution < -0.4 is 23.9 Å². The van der Waals surface area contributed by atoms with E-state index >= 15 is 0 Å². The average Bonchev–Trinajstić information content (AvgIpc) is 2.75. The van der Waals surface area contributed by atoms with E-state index in [0.717, 1.165) is 10.6 Å². The largest absolute Gasteiger partial charge is 0.497 e. The minimum atomic E-state index is -3.71. The van der Waals surface area contributed by atoms with Crippen LogP contribution in [0, 0.1) is 0 Å². The summed E-state index contributed by atoms with van der Waals surface area (Å²) in [5.74, 6) is 0.908. The molecule has 1 amide bonds. The van der Waals surface area contributed by atoms with Gasteiger partial charge in [0, 0.05) is 6.07 Å². The van der Waals surface area contributed by atoms with Crippen LogP contribution in [0.1, 0.15) is 5.56 Å². The number of amides is 1. The molecule has 0 saturated carbocycles. The zero-order chi connectivity index (χ0) is 22.9. The zero-order valence-corrected chi connectivity index (χ0v) is 18.4. The number of nitrogens with one attached hydrogen (secondary N) is 1. The van der Waals surface area contributed by atoms with Crippen molar-refractivity contribution in [3.8, 4) is 17.2 Å². The van der Waals surface area contributed by atoms with Gasteiger partial charge in [0.2, 0.25) is 10.0 Å². The fraction of sp³-hybridized carbons (Fsp3) is 0.238. The fourth-order valence-electron chi connectivity index (χ4n) is 2.54. The number of hydrazone groups is 1. The van der Waals surface area contributed by atoms with Crippen molar-refractivity contribution in [1.29, 1.82) is 0 Å². The van der Waals surface area contributed by atoms with Gasteiger partial charge in [-0.25, -0.2) is 13.8 Å². The quantitative estimate of drug-likeness (QED) is 0.322. The predicted octanol–water partition coefficient (Wildman–Crippen LogP) is 2.18.